The fourth-order valence-electron chi connectivity index (χ4n) is 5.22. The number of carbonyl (C=O) groups excluding carboxylic acids is 2. The fraction of sp³-hybridized carbons (Fsp3) is 0.579. The highest BCUT2D eigenvalue weighted by atomic mass is 16.6. The van der Waals surface area contributed by atoms with E-state index in [9.17, 15) is 9.59 Å². The van der Waals surface area contributed by atoms with E-state index < -0.39 is 12.2 Å². The number of ether oxygens (including phenoxy) is 2. The van der Waals surface area contributed by atoms with Gasteiger partial charge in [-0.2, -0.15) is 0 Å². The number of benzene rings is 1. The molecule has 0 heterocycles. The molecule has 0 aromatic heterocycles. The van der Waals surface area contributed by atoms with Gasteiger partial charge in [0, 0.05) is 0 Å². The summed E-state index contributed by atoms with van der Waals surface area (Å²) in [6, 6.07) is 9.37. The van der Waals surface area contributed by atoms with E-state index in [0.29, 0.717) is 17.8 Å². The number of rotatable bonds is 3. The van der Waals surface area contributed by atoms with Gasteiger partial charge in [0.2, 0.25) is 0 Å². The molecule has 5 heteroatoms. The number of nitrogens with one attached hydrogen (secondary N) is 1. The average Bonchev–Trinajstić information content (AvgIpc) is 2.52. The minimum absolute atomic E-state index is 0.136. The van der Waals surface area contributed by atoms with Crippen LogP contribution in [-0.4, -0.2) is 17.8 Å². The molecule has 1 N–H and O–H groups in total. The van der Waals surface area contributed by atoms with Gasteiger partial charge in [0.15, 0.2) is 0 Å². The molecule has 0 unspecified atom stereocenters. The van der Waals surface area contributed by atoms with Crippen molar-refractivity contribution in [2.45, 2.75) is 50.7 Å². The Balaban J connectivity index is 1.28. The van der Waals surface area contributed by atoms with E-state index in [1.54, 1.807) is 0 Å². The molecule has 4 bridgehead atoms. The van der Waals surface area contributed by atoms with Gasteiger partial charge in [-0.1, -0.05) is 30.3 Å². The SMILES string of the molecule is O=C(NC(=O)OC12CC3CC(CC(C3)C1)C2)OCc1ccccc1. The Hall–Kier alpha value is -2.04. The molecule has 1 aromatic carbocycles. The first kappa shape index (κ1) is 15.5. The summed E-state index contributed by atoms with van der Waals surface area (Å²) in [7, 11) is 0. The lowest BCUT2D eigenvalue weighted by Gasteiger charge is -2.55. The lowest BCUT2D eigenvalue weighted by Crippen LogP contribution is -2.54. The number of hydrogen-bond donors (Lipinski definition) is 1. The Labute approximate surface area is 141 Å². The van der Waals surface area contributed by atoms with Crippen molar-refractivity contribution in [1.82, 2.24) is 5.32 Å². The van der Waals surface area contributed by atoms with Crippen molar-refractivity contribution in [3.8, 4) is 0 Å². The monoisotopic (exact) mass is 329 g/mol. The predicted molar refractivity (Wildman–Crippen MR) is 87.1 cm³/mol. The summed E-state index contributed by atoms with van der Waals surface area (Å²) in [5, 5.41) is 2.20. The molecule has 4 aliphatic rings. The predicted octanol–water partition coefficient (Wildman–Crippen LogP) is 4.02. The van der Waals surface area contributed by atoms with Gasteiger partial charge in [-0.25, -0.2) is 14.9 Å². The Morgan fingerprint density at radius 2 is 1.54 bits per heavy atom. The first-order chi connectivity index (χ1) is 11.6. The first-order valence-corrected chi connectivity index (χ1v) is 8.81. The fourth-order valence-corrected chi connectivity index (χ4v) is 5.22. The maximum absolute atomic E-state index is 12.1. The lowest BCUT2D eigenvalue weighted by molar-refractivity contribution is -0.126. The Kier molecular flexibility index (Phi) is 3.94. The molecule has 24 heavy (non-hydrogen) atoms. The topological polar surface area (TPSA) is 64.6 Å². The van der Waals surface area contributed by atoms with Gasteiger partial charge in [-0.05, 0) is 61.8 Å². The molecule has 0 atom stereocenters. The van der Waals surface area contributed by atoms with Crippen LogP contribution in [-0.2, 0) is 16.1 Å². The van der Waals surface area contributed by atoms with E-state index in [4.69, 9.17) is 9.47 Å². The van der Waals surface area contributed by atoms with Crippen molar-refractivity contribution < 1.29 is 19.1 Å². The summed E-state index contributed by atoms with van der Waals surface area (Å²) in [5.74, 6) is 2.07. The van der Waals surface area contributed by atoms with Crippen molar-refractivity contribution >= 4 is 12.2 Å². The normalized spacial score (nSPS) is 33.1. The van der Waals surface area contributed by atoms with Crippen molar-refractivity contribution in [3.05, 3.63) is 35.9 Å². The summed E-state index contributed by atoms with van der Waals surface area (Å²) < 4.78 is 10.8. The largest absolute Gasteiger partial charge is 0.444 e. The molecule has 128 valence electrons. The Morgan fingerprint density at radius 3 is 2.12 bits per heavy atom. The summed E-state index contributed by atoms with van der Waals surface area (Å²) in [4.78, 5) is 23.9. The molecule has 0 saturated heterocycles. The van der Waals surface area contributed by atoms with Crippen LogP contribution in [0.1, 0.15) is 44.1 Å². The summed E-state index contributed by atoms with van der Waals surface area (Å²) in [6.07, 6.45) is 5.27. The highest BCUT2D eigenvalue weighted by Crippen LogP contribution is 2.57. The second kappa shape index (κ2) is 6.11. The van der Waals surface area contributed by atoms with E-state index in [1.165, 1.54) is 19.3 Å². The molecule has 4 saturated carbocycles. The maximum Gasteiger partial charge on any atom is 0.417 e. The van der Waals surface area contributed by atoms with Crippen LogP contribution in [0.15, 0.2) is 30.3 Å². The van der Waals surface area contributed by atoms with Crippen LogP contribution in [0.3, 0.4) is 0 Å². The quantitative estimate of drug-likeness (QED) is 0.909. The number of alkyl carbamates (subject to hydrolysis) is 2. The van der Waals surface area contributed by atoms with Gasteiger partial charge in [0.05, 0.1) is 0 Å². The highest BCUT2D eigenvalue weighted by Gasteiger charge is 2.53. The highest BCUT2D eigenvalue weighted by molar-refractivity contribution is 5.87. The molecule has 0 spiro atoms. The van der Waals surface area contributed by atoms with Crippen LogP contribution in [0.25, 0.3) is 0 Å². The Morgan fingerprint density at radius 1 is 0.958 bits per heavy atom. The van der Waals surface area contributed by atoms with Gasteiger partial charge >= 0.3 is 12.2 Å². The standard InChI is InChI=1S/C19H23NO4/c21-17(23-12-13-4-2-1-3-5-13)20-18(22)24-19-9-14-6-15(10-19)8-16(7-14)11-19/h1-5,14-16H,6-12H2,(H,20,21,22). The number of amides is 2. The first-order valence-electron chi connectivity index (χ1n) is 8.81. The molecule has 0 aliphatic heterocycles. The third-order valence-corrected chi connectivity index (χ3v) is 5.71. The van der Waals surface area contributed by atoms with Crippen LogP contribution < -0.4 is 5.32 Å². The maximum atomic E-state index is 12.1. The number of carbonyl (C=O) groups is 2. The van der Waals surface area contributed by atoms with Gasteiger partial charge in [-0.3, -0.25) is 0 Å². The second-order valence-electron chi connectivity index (χ2n) is 7.68. The molecule has 5 nitrogen and oxygen atoms in total. The van der Waals surface area contributed by atoms with Gasteiger partial charge in [-0.15, -0.1) is 0 Å². The van der Waals surface area contributed by atoms with E-state index in [0.717, 1.165) is 24.8 Å². The number of hydrogen-bond acceptors (Lipinski definition) is 4. The van der Waals surface area contributed by atoms with E-state index >= 15 is 0 Å². The van der Waals surface area contributed by atoms with Crippen LogP contribution >= 0.6 is 0 Å². The molecular formula is C19H23NO4. The van der Waals surface area contributed by atoms with Crippen LogP contribution in [0, 0.1) is 17.8 Å². The van der Waals surface area contributed by atoms with Gasteiger partial charge < -0.3 is 9.47 Å². The molecular weight excluding hydrogens is 306 g/mol. The van der Waals surface area contributed by atoms with Crippen LogP contribution in [0.5, 0.6) is 0 Å². The van der Waals surface area contributed by atoms with Crippen molar-refractivity contribution in [1.29, 1.82) is 0 Å². The summed E-state index contributed by atoms with van der Waals surface area (Å²) in [5.41, 5.74) is 0.528. The zero-order valence-electron chi connectivity index (χ0n) is 13.7. The third-order valence-electron chi connectivity index (χ3n) is 5.71. The second-order valence-corrected chi connectivity index (χ2v) is 7.68. The minimum atomic E-state index is -0.756. The van der Waals surface area contributed by atoms with Crippen LogP contribution in [0.4, 0.5) is 9.59 Å². The van der Waals surface area contributed by atoms with Crippen molar-refractivity contribution in [2.24, 2.45) is 17.8 Å². The molecule has 2 amide bonds. The van der Waals surface area contributed by atoms with E-state index in [2.05, 4.69) is 5.32 Å². The minimum Gasteiger partial charge on any atom is -0.444 e. The zero-order chi connectivity index (χ0) is 16.6. The molecule has 4 aliphatic carbocycles. The van der Waals surface area contributed by atoms with Gasteiger partial charge in [0.25, 0.3) is 0 Å². The molecule has 0 radical (unpaired) electrons. The van der Waals surface area contributed by atoms with Gasteiger partial charge in [0.1, 0.15) is 12.2 Å². The average molecular weight is 329 g/mol. The summed E-state index contributed by atoms with van der Waals surface area (Å²) >= 11 is 0. The van der Waals surface area contributed by atoms with Crippen LogP contribution in [0.2, 0.25) is 0 Å². The van der Waals surface area contributed by atoms with Crippen molar-refractivity contribution in [2.75, 3.05) is 0 Å². The lowest BCUT2D eigenvalue weighted by atomic mass is 9.54. The third kappa shape index (κ3) is 3.25. The summed E-state index contributed by atoms with van der Waals surface area (Å²) in [6.45, 7) is 0.136. The van der Waals surface area contributed by atoms with E-state index in [1.807, 2.05) is 30.3 Å². The molecule has 5 rings (SSSR count). The smallest absolute Gasteiger partial charge is 0.417 e. The molecule has 4 fully saturated rings. The molecule has 1 aromatic rings. The number of imide groups is 1. The Bertz CT molecular complexity index is 592. The van der Waals surface area contributed by atoms with E-state index in [-0.39, 0.29) is 12.2 Å². The van der Waals surface area contributed by atoms with Crippen molar-refractivity contribution in [3.63, 3.8) is 0 Å². The zero-order valence-corrected chi connectivity index (χ0v) is 13.7.